The Bertz CT molecular complexity index is 828. The van der Waals surface area contributed by atoms with Gasteiger partial charge in [-0.2, -0.15) is 0 Å². The zero-order chi connectivity index (χ0) is 15.0. The lowest BCUT2D eigenvalue weighted by Gasteiger charge is -2.00. The highest BCUT2D eigenvalue weighted by Gasteiger charge is 2.13. The zero-order valence-corrected chi connectivity index (χ0v) is 14.3. The van der Waals surface area contributed by atoms with E-state index in [0.29, 0.717) is 5.02 Å². The molecule has 106 valence electrons. The van der Waals surface area contributed by atoms with E-state index in [-0.39, 0.29) is 5.56 Å². The van der Waals surface area contributed by atoms with Crippen molar-refractivity contribution in [1.82, 2.24) is 4.98 Å². The van der Waals surface area contributed by atoms with Gasteiger partial charge in [-0.15, -0.1) is 22.7 Å². The van der Waals surface area contributed by atoms with Crippen molar-refractivity contribution in [3.8, 4) is 21.1 Å². The van der Waals surface area contributed by atoms with Crippen LogP contribution in [0.2, 0.25) is 5.02 Å². The number of carboxylic acids is 1. The Morgan fingerprint density at radius 2 is 2.05 bits per heavy atom. The van der Waals surface area contributed by atoms with Gasteiger partial charge in [-0.25, -0.2) is 9.78 Å². The molecule has 3 aromatic rings. The summed E-state index contributed by atoms with van der Waals surface area (Å²) in [6, 6.07) is 7.19. The summed E-state index contributed by atoms with van der Waals surface area (Å²) in [6.07, 6.45) is 0. The third kappa shape index (κ3) is 3.03. The predicted molar refractivity (Wildman–Crippen MR) is 90.5 cm³/mol. The quantitative estimate of drug-likeness (QED) is 0.618. The van der Waals surface area contributed by atoms with Crippen LogP contribution in [-0.2, 0) is 0 Å². The van der Waals surface area contributed by atoms with Crippen LogP contribution in [0.5, 0.6) is 0 Å². The molecule has 0 radical (unpaired) electrons. The lowest BCUT2D eigenvalue weighted by molar-refractivity contribution is 0.0697. The van der Waals surface area contributed by atoms with Gasteiger partial charge in [0.05, 0.1) is 16.1 Å². The van der Waals surface area contributed by atoms with Crippen LogP contribution in [0.15, 0.2) is 39.5 Å². The van der Waals surface area contributed by atoms with Gasteiger partial charge in [-0.05, 0) is 24.3 Å². The summed E-state index contributed by atoms with van der Waals surface area (Å²) in [5.74, 6) is -0.923. The largest absolute Gasteiger partial charge is 0.478 e. The number of carboxylic acid groups (broad SMARTS) is 1. The summed E-state index contributed by atoms with van der Waals surface area (Å²) in [4.78, 5) is 16.3. The monoisotopic (exact) mass is 399 g/mol. The molecule has 0 fully saturated rings. The average Bonchev–Trinajstić information content (AvgIpc) is 3.07. The number of hydrogen-bond acceptors (Lipinski definition) is 4. The first-order chi connectivity index (χ1) is 10.0. The van der Waals surface area contributed by atoms with E-state index < -0.39 is 5.97 Å². The first-order valence-corrected chi connectivity index (χ1v) is 8.71. The van der Waals surface area contributed by atoms with E-state index in [1.165, 1.54) is 22.7 Å². The van der Waals surface area contributed by atoms with Gasteiger partial charge in [0.2, 0.25) is 0 Å². The van der Waals surface area contributed by atoms with Gasteiger partial charge >= 0.3 is 5.97 Å². The van der Waals surface area contributed by atoms with Crippen molar-refractivity contribution in [2.45, 2.75) is 0 Å². The maximum absolute atomic E-state index is 10.9. The fourth-order valence-corrected chi connectivity index (χ4v) is 4.53. The first kappa shape index (κ1) is 14.7. The molecule has 0 spiro atoms. The topological polar surface area (TPSA) is 50.2 Å². The second kappa shape index (κ2) is 5.88. The van der Waals surface area contributed by atoms with Crippen LogP contribution in [0.3, 0.4) is 0 Å². The van der Waals surface area contributed by atoms with Gasteiger partial charge in [0, 0.05) is 25.8 Å². The zero-order valence-electron chi connectivity index (χ0n) is 10.3. The molecule has 7 heteroatoms. The minimum atomic E-state index is -0.923. The summed E-state index contributed by atoms with van der Waals surface area (Å²) in [6.45, 7) is 0. The van der Waals surface area contributed by atoms with Crippen molar-refractivity contribution in [1.29, 1.82) is 0 Å². The lowest BCUT2D eigenvalue weighted by atomic mass is 10.2. The Balaban J connectivity index is 1.97. The second-order valence-corrected chi connectivity index (χ2v) is 7.23. The van der Waals surface area contributed by atoms with Crippen LogP contribution in [0.1, 0.15) is 10.4 Å². The van der Waals surface area contributed by atoms with Gasteiger partial charge in [-0.3, -0.25) is 0 Å². The first-order valence-electron chi connectivity index (χ1n) is 5.78. The summed E-state index contributed by atoms with van der Waals surface area (Å²) < 4.78 is 0.883. The molecule has 21 heavy (non-hydrogen) atoms. The highest BCUT2D eigenvalue weighted by molar-refractivity contribution is 9.10. The van der Waals surface area contributed by atoms with Crippen molar-refractivity contribution in [3.05, 3.63) is 50.1 Å². The smallest absolute Gasteiger partial charge is 0.336 e. The van der Waals surface area contributed by atoms with Gasteiger partial charge in [0.25, 0.3) is 0 Å². The molecule has 2 heterocycles. The van der Waals surface area contributed by atoms with Gasteiger partial charge in [0.1, 0.15) is 5.01 Å². The molecule has 0 atom stereocenters. The molecular formula is C14H7BrClNO2S2. The number of benzene rings is 1. The van der Waals surface area contributed by atoms with Crippen LogP contribution < -0.4 is 0 Å². The molecule has 0 aliphatic heterocycles. The van der Waals surface area contributed by atoms with E-state index >= 15 is 0 Å². The third-order valence-electron chi connectivity index (χ3n) is 2.76. The van der Waals surface area contributed by atoms with Crippen LogP contribution in [0.4, 0.5) is 0 Å². The third-order valence-corrected chi connectivity index (χ3v) is 5.48. The van der Waals surface area contributed by atoms with E-state index in [1.807, 2.05) is 23.6 Å². The second-order valence-electron chi connectivity index (χ2n) is 4.17. The Kier molecular flexibility index (Phi) is 4.12. The summed E-state index contributed by atoms with van der Waals surface area (Å²) in [5, 5.41) is 14.0. The molecule has 0 bridgehead atoms. The molecule has 2 aromatic heterocycles. The van der Waals surface area contributed by atoms with Crippen molar-refractivity contribution >= 4 is 56.2 Å². The molecule has 0 amide bonds. The van der Waals surface area contributed by atoms with E-state index in [2.05, 4.69) is 20.9 Å². The number of hydrogen-bond donors (Lipinski definition) is 1. The number of halogens is 2. The molecule has 0 saturated heterocycles. The van der Waals surface area contributed by atoms with Crippen molar-refractivity contribution < 1.29 is 9.90 Å². The number of rotatable bonds is 3. The maximum atomic E-state index is 10.9. The van der Waals surface area contributed by atoms with Gasteiger partial charge < -0.3 is 5.11 Å². The standard InChI is InChI=1S/C14H7BrClNO2S2/c15-10-4-8(16)1-2-9(10)13-17-11(6-21-13)12-3-7(5-20-12)14(18)19/h1-6H,(H,18,19). The number of carbonyl (C=O) groups is 1. The predicted octanol–water partition coefficient (Wildman–Crippen LogP) is 5.65. The van der Waals surface area contributed by atoms with Gasteiger partial charge in [0.15, 0.2) is 0 Å². The molecule has 1 N–H and O–H groups in total. The maximum Gasteiger partial charge on any atom is 0.336 e. The highest BCUT2D eigenvalue weighted by Crippen LogP contribution is 2.36. The molecule has 0 saturated carbocycles. The van der Waals surface area contributed by atoms with Crippen LogP contribution in [-0.4, -0.2) is 16.1 Å². The molecular weight excluding hydrogens is 394 g/mol. The Morgan fingerprint density at radius 3 is 2.71 bits per heavy atom. The Labute approximate surface area is 142 Å². The Hall–Kier alpha value is -1.21. The normalized spacial score (nSPS) is 10.8. The van der Waals surface area contributed by atoms with Crippen LogP contribution in [0.25, 0.3) is 21.1 Å². The van der Waals surface area contributed by atoms with E-state index in [9.17, 15) is 4.79 Å². The molecule has 0 aliphatic rings. The highest BCUT2D eigenvalue weighted by atomic mass is 79.9. The van der Waals surface area contributed by atoms with E-state index in [4.69, 9.17) is 16.7 Å². The number of thiazole rings is 1. The number of nitrogens with zero attached hydrogens (tertiary/aromatic N) is 1. The minimum Gasteiger partial charge on any atom is -0.478 e. The molecule has 1 aromatic carbocycles. The Morgan fingerprint density at radius 1 is 1.24 bits per heavy atom. The molecule has 3 nitrogen and oxygen atoms in total. The van der Waals surface area contributed by atoms with Crippen LogP contribution >= 0.6 is 50.2 Å². The van der Waals surface area contributed by atoms with Crippen LogP contribution in [0, 0.1) is 0 Å². The lowest BCUT2D eigenvalue weighted by Crippen LogP contribution is -1.91. The molecule has 3 rings (SSSR count). The van der Waals surface area contributed by atoms with E-state index in [0.717, 1.165) is 25.6 Å². The fourth-order valence-electron chi connectivity index (χ4n) is 1.76. The van der Waals surface area contributed by atoms with Crippen molar-refractivity contribution in [2.75, 3.05) is 0 Å². The summed E-state index contributed by atoms with van der Waals surface area (Å²) in [5.41, 5.74) is 2.04. The molecule has 0 unspecified atom stereocenters. The van der Waals surface area contributed by atoms with Gasteiger partial charge in [-0.1, -0.05) is 27.5 Å². The number of aromatic carboxylic acids is 1. The fraction of sp³-hybridized carbons (Fsp3) is 0. The van der Waals surface area contributed by atoms with E-state index in [1.54, 1.807) is 11.4 Å². The minimum absolute atomic E-state index is 0.289. The average molecular weight is 401 g/mol. The van der Waals surface area contributed by atoms with Crippen molar-refractivity contribution in [2.24, 2.45) is 0 Å². The SMILES string of the molecule is O=C(O)c1csc(-c2csc(-c3ccc(Cl)cc3Br)n2)c1. The number of aromatic nitrogens is 1. The van der Waals surface area contributed by atoms with Crippen molar-refractivity contribution in [3.63, 3.8) is 0 Å². The molecule has 0 aliphatic carbocycles. The number of thiophene rings is 1. The summed E-state index contributed by atoms with van der Waals surface area (Å²) >= 11 is 12.3. The summed E-state index contributed by atoms with van der Waals surface area (Å²) in [7, 11) is 0.